The molecule has 0 heterocycles. The van der Waals surface area contributed by atoms with Gasteiger partial charge < -0.3 is 14.2 Å². The van der Waals surface area contributed by atoms with Gasteiger partial charge in [-0.3, -0.25) is 5.41 Å². The molecule has 4 nitrogen and oxygen atoms in total. The van der Waals surface area contributed by atoms with Gasteiger partial charge in [-0.1, -0.05) is 47.0 Å². The first kappa shape index (κ1) is 17.7. The molecule has 18 heavy (non-hydrogen) atoms. The van der Waals surface area contributed by atoms with E-state index < -0.39 is 9.69 Å². The lowest BCUT2D eigenvalue weighted by Gasteiger charge is -2.13. The summed E-state index contributed by atoms with van der Waals surface area (Å²) in [6.45, 7) is 3.93. The molecule has 1 atom stereocenters. The van der Waals surface area contributed by atoms with Gasteiger partial charge in [0.1, 0.15) is 13.4 Å². The van der Waals surface area contributed by atoms with Crippen LogP contribution in [0.2, 0.25) is 0 Å². The van der Waals surface area contributed by atoms with Crippen molar-refractivity contribution in [3.8, 4) is 0 Å². The van der Waals surface area contributed by atoms with Gasteiger partial charge in [-0.25, -0.2) is 0 Å². The molecule has 0 saturated heterocycles. The van der Waals surface area contributed by atoms with Gasteiger partial charge in [0.25, 0.3) is 3.79 Å². The highest BCUT2D eigenvalue weighted by molar-refractivity contribution is 6.76. The van der Waals surface area contributed by atoms with E-state index in [1.165, 1.54) is 0 Å². The smallest absolute Gasteiger partial charge is 0.265 e. The highest BCUT2D eigenvalue weighted by Crippen LogP contribution is 2.27. The molecule has 0 unspecified atom stereocenters. The SMILES string of the molecule is C=CC[C@H](/C=C/COC(=N)C(Cl)(Cl)Cl)OCOC. The normalized spacial score (nSPS) is 13.6. The van der Waals surface area contributed by atoms with Gasteiger partial charge in [-0.05, 0) is 12.5 Å². The molecule has 0 spiro atoms. The van der Waals surface area contributed by atoms with Crippen molar-refractivity contribution in [1.82, 2.24) is 0 Å². The van der Waals surface area contributed by atoms with E-state index in [1.54, 1.807) is 25.3 Å². The lowest BCUT2D eigenvalue weighted by atomic mass is 10.2. The van der Waals surface area contributed by atoms with E-state index >= 15 is 0 Å². The monoisotopic (exact) mass is 315 g/mol. The molecular weight excluding hydrogens is 300 g/mol. The van der Waals surface area contributed by atoms with Gasteiger partial charge >= 0.3 is 0 Å². The van der Waals surface area contributed by atoms with Crippen LogP contribution in [0.5, 0.6) is 0 Å². The summed E-state index contributed by atoms with van der Waals surface area (Å²) in [7, 11) is 1.54. The van der Waals surface area contributed by atoms with Crippen LogP contribution < -0.4 is 0 Å². The number of nitrogens with one attached hydrogen (secondary N) is 1. The summed E-state index contributed by atoms with van der Waals surface area (Å²) in [6.07, 6.45) is 5.66. The molecule has 104 valence electrons. The van der Waals surface area contributed by atoms with Crippen LogP contribution >= 0.6 is 34.8 Å². The van der Waals surface area contributed by atoms with E-state index in [9.17, 15) is 0 Å². The van der Waals surface area contributed by atoms with Crippen LogP contribution in [0.25, 0.3) is 0 Å². The maximum Gasteiger partial charge on any atom is 0.265 e. The van der Waals surface area contributed by atoms with Gasteiger partial charge in [0.15, 0.2) is 0 Å². The summed E-state index contributed by atoms with van der Waals surface area (Å²) in [5, 5.41) is 7.30. The summed E-state index contributed by atoms with van der Waals surface area (Å²) < 4.78 is 13.2. The number of methoxy groups -OCH3 is 1. The zero-order chi connectivity index (χ0) is 14.0. The molecule has 0 fully saturated rings. The Morgan fingerprint density at radius 2 is 2.11 bits per heavy atom. The van der Waals surface area contributed by atoms with Crippen molar-refractivity contribution in [2.75, 3.05) is 20.5 Å². The summed E-state index contributed by atoms with van der Waals surface area (Å²) in [5.74, 6) is -0.421. The van der Waals surface area contributed by atoms with Crippen LogP contribution in [0.3, 0.4) is 0 Å². The van der Waals surface area contributed by atoms with Crippen LogP contribution in [0.4, 0.5) is 0 Å². The standard InChI is InChI=1S/C11H16Cl3NO3/c1-3-5-9(18-8-16-2)6-4-7-17-10(15)11(12,13)14/h3-4,6,9,15H,1,5,7-8H2,2H3/b6-4+,15-10?/t9-/m1/s1. The number of halogens is 3. The Bertz CT molecular complexity index is 290. The fourth-order valence-electron chi connectivity index (χ4n) is 0.942. The van der Waals surface area contributed by atoms with Gasteiger partial charge in [-0.2, -0.15) is 0 Å². The number of hydrogen-bond donors (Lipinski definition) is 1. The minimum Gasteiger partial charge on any atom is -0.474 e. The number of alkyl halides is 3. The first-order chi connectivity index (χ1) is 8.41. The Balaban J connectivity index is 4.03. The molecule has 0 aromatic carbocycles. The van der Waals surface area contributed by atoms with Gasteiger partial charge in [0, 0.05) is 7.11 Å². The van der Waals surface area contributed by atoms with Crippen LogP contribution in [0.15, 0.2) is 24.8 Å². The fraction of sp³-hybridized carbons (Fsp3) is 0.545. The molecule has 0 saturated carbocycles. The van der Waals surface area contributed by atoms with Crippen LogP contribution in [0.1, 0.15) is 6.42 Å². The summed E-state index contributed by atoms with van der Waals surface area (Å²) >= 11 is 16.3. The molecule has 7 heteroatoms. The average Bonchev–Trinajstić information content (AvgIpc) is 2.29. The zero-order valence-electron chi connectivity index (χ0n) is 10.00. The molecule has 1 N–H and O–H groups in total. The van der Waals surface area contributed by atoms with Gasteiger partial charge in [-0.15, -0.1) is 6.58 Å². The Morgan fingerprint density at radius 1 is 1.44 bits per heavy atom. The molecule has 0 rings (SSSR count). The highest BCUT2D eigenvalue weighted by Gasteiger charge is 2.28. The number of hydrogen-bond acceptors (Lipinski definition) is 4. The second-order valence-electron chi connectivity index (χ2n) is 3.20. The molecule has 0 aliphatic rings. The third-order valence-corrected chi connectivity index (χ3v) is 2.25. The predicted octanol–water partition coefficient (Wildman–Crippen LogP) is 3.47. The maximum absolute atomic E-state index is 7.30. The molecule has 0 aromatic heterocycles. The van der Waals surface area contributed by atoms with E-state index in [2.05, 4.69) is 6.58 Å². The van der Waals surface area contributed by atoms with E-state index in [1.807, 2.05) is 0 Å². The first-order valence-corrected chi connectivity index (χ1v) is 6.21. The van der Waals surface area contributed by atoms with Gasteiger partial charge in [0.2, 0.25) is 5.90 Å². The quantitative estimate of drug-likeness (QED) is 0.245. The van der Waals surface area contributed by atoms with Crippen molar-refractivity contribution in [1.29, 1.82) is 5.41 Å². The van der Waals surface area contributed by atoms with Crippen molar-refractivity contribution in [2.24, 2.45) is 0 Å². The van der Waals surface area contributed by atoms with E-state index in [4.69, 9.17) is 54.4 Å². The second kappa shape index (κ2) is 9.64. The van der Waals surface area contributed by atoms with Crippen molar-refractivity contribution in [2.45, 2.75) is 16.3 Å². The van der Waals surface area contributed by atoms with Gasteiger partial charge in [0.05, 0.1) is 6.10 Å². The molecule has 0 amide bonds. The van der Waals surface area contributed by atoms with E-state index in [0.717, 1.165) is 0 Å². The predicted molar refractivity (Wildman–Crippen MR) is 74.7 cm³/mol. The maximum atomic E-state index is 7.30. The second-order valence-corrected chi connectivity index (χ2v) is 5.48. The van der Waals surface area contributed by atoms with Crippen molar-refractivity contribution in [3.63, 3.8) is 0 Å². The Hall–Kier alpha value is -0.260. The zero-order valence-corrected chi connectivity index (χ0v) is 12.3. The summed E-state index contributed by atoms with van der Waals surface area (Å²) in [5.41, 5.74) is 0. The Labute approximate surface area is 122 Å². The largest absolute Gasteiger partial charge is 0.474 e. The third kappa shape index (κ3) is 8.78. The highest BCUT2D eigenvalue weighted by atomic mass is 35.6. The molecular formula is C11H16Cl3NO3. The minimum absolute atomic E-state index is 0.122. The first-order valence-electron chi connectivity index (χ1n) is 5.08. The number of ether oxygens (including phenoxy) is 3. The molecule has 0 aliphatic carbocycles. The van der Waals surface area contributed by atoms with Crippen molar-refractivity contribution < 1.29 is 14.2 Å². The molecule has 0 aromatic rings. The summed E-state index contributed by atoms with van der Waals surface area (Å²) in [4.78, 5) is 0. The molecule has 0 radical (unpaired) electrons. The third-order valence-electron chi connectivity index (χ3n) is 1.73. The lowest BCUT2D eigenvalue weighted by Crippen LogP contribution is -2.21. The van der Waals surface area contributed by atoms with Crippen molar-refractivity contribution in [3.05, 3.63) is 24.8 Å². The summed E-state index contributed by atoms with van der Waals surface area (Å²) in [6, 6.07) is 0. The van der Waals surface area contributed by atoms with E-state index in [-0.39, 0.29) is 19.5 Å². The fourth-order valence-corrected chi connectivity index (χ4v) is 1.11. The Kier molecular flexibility index (Phi) is 9.50. The minimum atomic E-state index is -1.83. The van der Waals surface area contributed by atoms with Crippen LogP contribution in [-0.2, 0) is 14.2 Å². The van der Waals surface area contributed by atoms with Crippen LogP contribution in [0, 0.1) is 5.41 Å². The average molecular weight is 317 g/mol. The lowest BCUT2D eigenvalue weighted by molar-refractivity contribution is -0.0542. The van der Waals surface area contributed by atoms with Crippen LogP contribution in [-0.4, -0.2) is 36.3 Å². The number of rotatable bonds is 8. The van der Waals surface area contributed by atoms with Crippen molar-refractivity contribution >= 4 is 40.7 Å². The van der Waals surface area contributed by atoms with E-state index in [0.29, 0.717) is 6.42 Å². The molecule has 0 aliphatic heterocycles. The topological polar surface area (TPSA) is 51.5 Å². The Morgan fingerprint density at radius 3 is 2.61 bits per heavy atom. The molecule has 0 bridgehead atoms.